The molecule has 9 heteroatoms. The summed E-state index contributed by atoms with van der Waals surface area (Å²) in [6.07, 6.45) is -3.38. The lowest BCUT2D eigenvalue weighted by molar-refractivity contribution is 0.0185. The number of aliphatic hydroxyl groups excluding tert-OH is 2. The molecule has 33 heavy (non-hydrogen) atoms. The highest BCUT2D eigenvalue weighted by Gasteiger charge is 2.29. The van der Waals surface area contributed by atoms with Crippen molar-refractivity contribution in [2.45, 2.75) is 23.0 Å². The molecule has 0 saturated heterocycles. The lowest BCUT2D eigenvalue weighted by atomic mass is 9.98. The van der Waals surface area contributed by atoms with Gasteiger partial charge < -0.3 is 20.3 Å². The number of nitrogens with one attached hydrogen (secondary N) is 1. The van der Waals surface area contributed by atoms with Crippen LogP contribution < -0.4 is 10.5 Å². The van der Waals surface area contributed by atoms with E-state index < -0.39 is 28.3 Å². The van der Waals surface area contributed by atoms with Gasteiger partial charge in [0, 0.05) is 12.5 Å². The number of rotatable bonds is 7. The molecule has 1 amide bonds. The Morgan fingerprint density at radius 1 is 0.939 bits per heavy atom. The third kappa shape index (κ3) is 4.91. The maximum absolute atomic E-state index is 12.2. The van der Waals surface area contributed by atoms with Crippen LogP contribution in [0.2, 0.25) is 0 Å². The minimum absolute atomic E-state index is 0.0870. The van der Waals surface area contributed by atoms with Crippen LogP contribution in [-0.4, -0.2) is 44.0 Å². The summed E-state index contributed by atoms with van der Waals surface area (Å²) >= 11 is 0. The molecule has 1 aliphatic rings. The van der Waals surface area contributed by atoms with Crippen molar-refractivity contribution in [3.8, 4) is 11.1 Å². The molecule has 0 fully saturated rings. The molecule has 2 atom stereocenters. The summed E-state index contributed by atoms with van der Waals surface area (Å²) in [4.78, 5) is 12.1. The number of alkyl carbamates (subject to hydrolysis) is 1. The Kier molecular flexibility index (Phi) is 6.48. The van der Waals surface area contributed by atoms with E-state index in [-0.39, 0.29) is 29.5 Å². The second kappa shape index (κ2) is 9.32. The summed E-state index contributed by atoms with van der Waals surface area (Å²) in [7, 11) is -3.86. The SMILES string of the molecule is NS(=O)(=O)c1ccc(C(O)C(O)CNC(=O)OCC2c3ccccc3-c3ccccc32)cc1. The first-order valence-electron chi connectivity index (χ1n) is 10.3. The number of carbonyl (C=O) groups is 1. The monoisotopic (exact) mass is 468 g/mol. The first kappa shape index (κ1) is 22.9. The Hall–Kier alpha value is -3.24. The molecule has 5 N–H and O–H groups in total. The molecular weight excluding hydrogens is 444 g/mol. The fourth-order valence-electron chi connectivity index (χ4n) is 4.03. The molecule has 0 saturated carbocycles. The van der Waals surface area contributed by atoms with E-state index in [1.54, 1.807) is 0 Å². The minimum atomic E-state index is -3.86. The van der Waals surface area contributed by atoms with Gasteiger partial charge in [0.15, 0.2) is 0 Å². The fourth-order valence-corrected chi connectivity index (χ4v) is 4.54. The number of hydrogen-bond acceptors (Lipinski definition) is 6. The standard InChI is InChI=1S/C24H24N2O6S/c25-33(30,31)16-11-9-15(10-12-16)23(28)22(27)13-26-24(29)32-14-21-19-7-3-1-5-17(19)18-6-2-4-8-20(18)21/h1-12,21-23,27-28H,13-14H2,(H,26,29)(H2,25,30,31). The summed E-state index contributed by atoms with van der Waals surface area (Å²) in [5.41, 5.74) is 4.70. The number of fused-ring (bicyclic) bond motifs is 3. The third-order valence-electron chi connectivity index (χ3n) is 5.71. The van der Waals surface area contributed by atoms with Gasteiger partial charge in [-0.2, -0.15) is 0 Å². The Morgan fingerprint density at radius 3 is 2.03 bits per heavy atom. The van der Waals surface area contributed by atoms with Crippen LogP contribution >= 0.6 is 0 Å². The van der Waals surface area contributed by atoms with Gasteiger partial charge >= 0.3 is 6.09 Å². The molecule has 0 spiro atoms. The molecular formula is C24H24N2O6S. The maximum Gasteiger partial charge on any atom is 0.407 e. The number of ether oxygens (including phenoxy) is 1. The number of carbonyl (C=O) groups excluding carboxylic acids is 1. The van der Waals surface area contributed by atoms with Gasteiger partial charge in [-0.3, -0.25) is 0 Å². The number of benzene rings is 3. The van der Waals surface area contributed by atoms with Crippen LogP contribution in [0.5, 0.6) is 0 Å². The molecule has 3 aromatic rings. The quantitative estimate of drug-likeness (QED) is 0.420. The average Bonchev–Trinajstić information content (AvgIpc) is 3.14. The van der Waals surface area contributed by atoms with Gasteiger partial charge in [0.05, 0.1) is 4.90 Å². The topological polar surface area (TPSA) is 139 Å². The number of primary sulfonamides is 1. The molecule has 0 heterocycles. The molecule has 3 aromatic carbocycles. The summed E-state index contributed by atoms with van der Waals surface area (Å²) in [6.45, 7) is -0.123. The van der Waals surface area contributed by atoms with Crippen LogP contribution in [0.25, 0.3) is 11.1 Å². The summed E-state index contributed by atoms with van der Waals surface area (Å²) < 4.78 is 28.1. The van der Waals surface area contributed by atoms with E-state index in [4.69, 9.17) is 9.88 Å². The highest BCUT2D eigenvalue weighted by molar-refractivity contribution is 7.89. The van der Waals surface area contributed by atoms with Gasteiger partial charge in [-0.15, -0.1) is 0 Å². The molecule has 4 rings (SSSR count). The molecule has 8 nitrogen and oxygen atoms in total. The summed E-state index contributed by atoms with van der Waals surface area (Å²) in [6, 6.07) is 21.1. The van der Waals surface area contributed by atoms with Crippen LogP contribution in [0.4, 0.5) is 4.79 Å². The van der Waals surface area contributed by atoms with Crippen molar-refractivity contribution in [2.75, 3.05) is 13.2 Å². The minimum Gasteiger partial charge on any atom is -0.449 e. The molecule has 172 valence electrons. The Morgan fingerprint density at radius 2 is 1.48 bits per heavy atom. The fraction of sp³-hybridized carbons (Fsp3) is 0.208. The Bertz CT molecular complexity index is 1210. The van der Waals surface area contributed by atoms with E-state index in [1.807, 2.05) is 48.5 Å². The molecule has 0 radical (unpaired) electrons. The Balaban J connectivity index is 1.33. The maximum atomic E-state index is 12.2. The lowest BCUT2D eigenvalue weighted by Gasteiger charge is -2.19. The predicted molar refractivity (Wildman–Crippen MR) is 122 cm³/mol. The highest BCUT2D eigenvalue weighted by atomic mass is 32.2. The van der Waals surface area contributed by atoms with Gasteiger partial charge in [0.1, 0.15) is 18.8 Å². The van der Waals surface area contributed by atoms with Crippen molar-refractivity contribution >= 4 is 16.1 Å². The van der Waals surface area contributed by atoms with Gasteiger partial charge in [-0.1, -0.05) is 60.7 Å². The smallest absolute Gasteiger partial charge is 0.407 e. The third-order valence-corrected chi connectivity index (χ3v) is 6.64. The number of aliphatic hydroxyl groups is 2. The summed E-state index contributed by atoms with van der Waals surface area (Å²) in [5.74, 6) is -0.0870. The predicted octanol–water partition coefficient (Wildman–Crippen LogP) is 2.27. The van der Waals surface area contributed by atoms with Crippen molar-refractivity contribution in [3.63, 3.8) is 0 Å². The van der Waals surface area contributed by atoms with Crippen molar-refractivity contribution in [1.29, 1.82) is 0 Å². The first-order chi connectivity index (χ1) is 15.8. The Labute approximate surface area is 191 Å². The number of amides is 1. The van der Waals surface area contributed by atoms with Gasteiger partial charge in [0.25, 0.3) is 0 Å². The largest absolute Gasteiger partial charge is 0.449 e. The van der Waals surface area contributed by atoms with Crippen molar-refractivity contribution in [3.05, 3.63) is 89.5 Å². The van der Waals surface area contributed by atoms with Gasteiger partial charge in [0.2, 0.25) is 10.0 Å². The van der Waals surface area contributed by atoms with Crippen LogP contribution in [-0.2, 0) is 14.8 Å². The van der Waals surface area contributed by atoms with Crippen molar-refractivity contribution in [2.24, 2.45) is 5.14 Å². The van der Waals surface area contributed by atoms with Crippen LogP contribution in [0.1, 0.15) is 28.7 Å². The van der Waals surface area contributed by atoms with Gasteiger partial charge in [-0.05, 0) is 39.9 Å². The molecule has 0 aromatic heterocycles. The van der Waals surface area contributed by atoms with Crippen molar-refractivity contribution < 1.29 is 28.2 Å². The molecule has 2 unspecified atom stereocenters. The van der Waals surface area contributed by atoms with E-state index in [0.717, 1.165) is 22.3 Å². The van der Waals surface area contributed by atoms with E-state index in [1.165, 1.54) is 24.3 Å². The first-order valence-corrected chi connectivity index (χ1v) is 11.9. The molecule has 1 aliphatic carbocycles. The van der Waals surface area contributed by atoms with E-state index in [0.29, 0.717) is 0 Å². The van der Waals surface area contributed by atoms with E-state index in [9.17, 15) is 23.4 Å². The van der Waals surface area contributed by atoms with Crippen LogP contribution in [0.15, 0.2) is 77.7 Å². The van der Waals surface area contributed by atoms with Crippen LogP contribution in [0.3, 0.4) is 0 Å². The average molecular weight is 469 g/mol. The van der Waals surface area contributed by atoms with E-state index in [2.05, 4.69) is 5.32 Å². The number of sulfonamides is 1. The zero-order valence-corrected chi connectivity index (χ0v) is 18.4. The zero-order chi connectivity index (χ0) is 23.6. The zero-order valence-electron chi connectivity index (χ0n) is 17.6. The van der Waals surface area contributed by atoms with Gasteiger partial charge in [-0.25, -0.2) is 18.4 Å². The number of nitrogens with two attached hydrogens (primary N) is 1. The summed E-state index contributed by atoms with van der Waals surface area (Å²) in [5, 5.41) is 28.0. The molecule has 0 aliphatic heterocycles. The van der Waals surface area contributed by atoms with E-state index >= 15 is 0 Å². The van der Waals surface area contributed by atoms with Crippen molar-refractivity contribution in [1.82, 2.24) is 5.32 Å². The molecule has 0 bridgehead atoms. The highest BCUT2D eigenvalue weighted by Crippen LogP contribution is 2.44. The second-order valence-electron chi connectivity index (χ2n) is 7.83. The normalized spacial score (nSPS) is 14.8. The second-order valence-corrected chi connectivity index (χ2v) is 9.39. The number of hydrogen-bond donors (Lipinski definition) is 4. The lowest BCUT2D eigenvalue weighted by Crippen LogP contribution is -2.36. The van der Waals surface area contributed by atoms with Crippen LogP contribution in [0, 0.1) is 0 Å².